The van der Waals surface area contributed by atoms with Crippen molar-refractivity contribution in [2.75, 3.05) is 0 Å². The third-order valence-corrected chi connectivity index (χ3v) is 5.57. The second-order valence-electron chi connectivity index (χ2n) is 4.55. The van der Waals surface area contributed by atoms with E-state index < -0.39 is 63.6 Å². The van der Waals surface area contributed by atoms with Crippen LogP contribution >= 0.6 is 30.7 Å². The van der Waals surface area contributed by atoms with Crippen LogP contribution in [0.25, 0.3) is 0 Å². The first-order chi connectivity index (χ1) is 9.28. The van der Waals surface area contributed by atoms with Crippen molar-refractivity contribution in [2.45, 2.75) is 14.7 Å². The molecule has 0 saturated carbocycles. The average molecular weight is 456 g/mol. The van der Waals surface area contributed by atoms with E-state index in [0.29, 0.717) is 0 Å². The second kappa shape index (κ2) is 3.17. The van der Waals surface area contributed by atoms with Gasteiger partial charge in [-0.3, -0.25) is 0 Å². The van der Waals surface area contributed by atoms with Crippen LogP contribution in [0.3, 0.4) is 0 Å². The van der Waals surface area contributed by atoms with Gasteiger partial charge in [0.2, 0.25) is 0 Å². The molecule has 18 heteroatoms. The number of hydrogen-bond acceptors (Lipinski definition) is 0. The van der Waals surface area contributed by atoms with Crippen LogP contribution in [0.5, 0.6) is 0 Å². The predicted octanol–water partition coefficient (Wildman–Crippen LogP) is 9.66. The highest BCUT2D eigenvalue weighted by atomic mass is 32.5. The summed E-state index contributed by atoms with van der Waals surface area (Å²) >= 11 is 0. The standard InChI is InChI=1S/C6H3F15S3/c7-22(8,9,10,11)4-1-5(23(12,13,14,15)16)3-6(2-4)24(17,18,19,20)21/h1-3H. The largest absolute Gasteiger partial charge is 0.310 e. The maximum atomic E-state index is 12.4. The third-order valence-electron chi connectivity index (χ3n) is 2.19. The minimum Gasteiger partial charge on any atom is -0.0936 e. The van der Waals surface area contributed by atoms with Crippen LogP contribution in [-0.4, -0.2) is 0 Å². The van der Waals surface area contributed by atoms with E-state index in [1.165, 1.54) is 0 Å². The Morgan fingerprint density at radius 3 is 0.542 bits per heavy atom. The Hall–Kier alpha value is -0.780. The minimum absolute atomic E-state index is 2.03. The first kappa shape index (κ1) is 21.3. The number of benzene rings is 1. The van der Waals surface area contributed by atoms with Gasteiger partial charge in [0.1, 0.15) is 14.7 Å². The fraction of sp³-hybridized carbons (Fsp3) is 0. The lowest BCUT2D eigenvalue weighted by Crippen LogP contribution is -2.14. The van der Waals surface area contributed by atoms with Crippen LogP contribution in [0.15, 0.2) is 32.9 Å². The molecule has 0 amide bonds. The third kappa shape index (κ3) is 5.11. The van der Waals surface area contributed by atoms with Crippen LogP contribution in [0.1, 0.15) is 0 Å². The SMILES string of the molecule is FS(F)(F)(F)(F)c1cc(S(F)(F)(F)(F)F)cc(S(F)(F)(F)(F)F)c1. The molecule has 0 saturated heterocycles. The normalized spacial score (nSPS) is 23.1. The summed E-state index contributed by atoms with van der Waals surface area (Å²) < 4.78 is 186. The quantitative estimate of drug-likeness (QED) is 0.397. The monoisotopic (exact) mass is 456 g/mol. The van der Waals surface area contributed by atoms with Crippen LogP contribution in [0.4, 0.5) is 58.3 Å². The molecule has 0 N–H and O–H groups in total. The van der Waals surface area contributed by atoms with E-state index in [9.17, 15) is 58.3 Å². The Morgan fingerprint density at radius 2 is 0.458 bits per heavy atom. The molecule has 0 spiro atoms. The highest BCUT2D eigenvalue weighted by Crippen LogP contribution is 3.07. The lowest BCUT2D eigenvalue weighted by molar-refractivity contribution is 0.356. The molecule has 0 aromatic heterocycles. The molecule has 0 nitrogen and oxygen atoms in total. The van der Waals surface area contributed by atoms with E-state index >= 15 is 0 Å². The number of halogens is 15. The number of hydrogen-bond donors (Lipinski definition) is 0. The lowest BCUT2D eigenvalue weighted by atomic mass is 10.4. The maximum absolute atomic E-state index is 12.4. The summed E-state index contributed by atoms with van der Waals surface area (Å²) in [4.78, 5) is -12.5. The molecule has 24 heavy (non-hydrogen) atoms. The predicted molar refractivity (Wildman–Crippen MR) is 60.6 cm³/mol. The van der Waals surface area contributed by atoms with Gasteiger partial charge in [0, 0.05) is 0 Å². The fourth-order valence-corrected chi connectivity index (χ4v) is 3.54. The molecule has 0 radical (unpaired) electrons. The Bertz CT molecular complexity index is 611. The van der Waals surface area contributed by atoms with Crippen molar-refractivity contribution in [3.63, 3.8) is 0 Å². The summed E-state index contributed by atoms with van der Waals surface area (Å²) in [6.07, 6.45) is 0. The van der Waals surface area contributed by atoms with Crippen molar-refractivity contribution in [3.05, 3.63) is 18.2 Å². The molecule has 0 fully saturated rings. The van der Waals surface area contributed by atoms with Crippen molar-refractivity contribution in [2.24, 2.45) is 0 Å². The summed E-state index contributed by atoms with van der Waals surface area (Å²) in [7, 11) is -34.3. The van der Waals surface area contributed by atoms with Crippen molar-refractivity contribution in [1.82, 2.24) is 0 Å². The van der Waals surface area contributed by atoms with Gasteiger partial charge in [-0.05, 0) is 18.2 Å². The van der Waals surface area contributed by atoms with Gasteiger partial charge in [-0.1, -0.05) is 58.3 Å². The lowest BCUT2D eigenvalue weighted by Gasteiger charge is -2.46. The minimum atomic E-state index is -11.4. The van der Waals surface area contributed by atoms with Crippen LogP contribution in [-0.2, 0) is 0 Å². The fourth-order valence-electron chi connectivity index (χ4n) is 1.21. The van der Waals surface area contributed by atoms with Crippen molar-refractivity contribution in [3.8, 4) is 0 Å². The Labute approximate surface area is 122 Å². The summed E-state index contributed by atoms with van der Waals surface area (Å²) in [5, 5.41) is 0. The van der Waals surface area contributed by atoms with E-state index in [1.54, 1.807) is 0 Å². The van der Waals surface area contributed by atoms with E-state index in [2.05, 4.69) is 0 Å². The summed E-state index contributed by atoms with van der Waals surface area (Å²) in [6.45, 7) is 0. The van der Waals surface area contributed by atoms with Gasteiger partial charge < -0.3 is 0 Å². The van der Waals surface area contributed by atoms with Gasteiger partial charge in [-0.25, -0.2) is 0 Å². The van der Waals surface area contributed by atoms with Crippen molar-refractivity contribution >= 4 is 30.7 Å². The Balaban J connectivity index is 4.19. The van der Waals surface area contributed by atoms with Gasteiger partial charge in [0.25, 0.3) is 0 Å². The molecule has 1 aromatic rings. The van der Waals surface area contributed by atoms with Gasteiger partial charge in [-0.2, -0.15) is 0 Å². The molecule has 1 aromatic carbocycles. The molecule has 0 aliphatic heterocycles. The van der Waals surface area contributed by atoms with Crippen molar-refractivity contribution < 1.29 is 58.3 Å². The zero-order chi connectivity index (χ0) is 20.1. The first-order valence-corrected chi connectivity index (χ1v) is 10.5. The van der Waals surface area contributed by atoms with Crippen molar-refractivity contribution in [1.29, 1.82) is 0 Å². The van der Waals surface area contributed by atoms with E-state index in [-0.39, 0.29) is 0 Å². The highest BCUT2D eigenvalue weighted by molar-refractivity contribution is 8.47. The first-order valence-electron chi connectivity index (χ1n) is 4.66. The molecule has 0 aliphatic rings. The average Bonchev–Trinajstić information content (AvgIpc) is 2.05. The van der Waals surface area contributed by atoms with Gasteiger partial charge in [-0.15, -0.1) is 0 Å². The Morgan fingerprint density at radius 1 is 0.333 bits per heavy atom. The molecular formula is C6H3F15S3. The van der Waals surface area contributed by atoms with E-state index in [4.69, 9.17) is 0 Å². The summed E-state index contributed by atoms with van der Waals surface area (Å²) in [5.41, 5.74) is 0. The molecular weight excluding hydrogens is 453 g/mol. The molecule has 0 atom stereocenters. The number of rotatable bonds is 3. The zero-order valence-corrected chi connectivity index (χ0v) is 12.6. The highest BCUT2D eigenvalue weighted by Gasteiger charge is 2.73. The van der Waals surface area contributed by atoms with E-state index in [0.717, 1.165) is 0 Å². The summed E-state index contributed by atoms with van der Waals surface area (Å²) in [6, 6.07) is -6.09. The van der Waals surface area contributed by atoms with Gasteiger partial charge in [0.15, 0.2) is 0 Å². The molecule has 0 unspecified atom stereocenters. The topological polar surface area (TPSA) is 0 Å². The maximum Gasteiger partial charge on any atom is 0.310 e. The second-order valence-corrected chi connectivity index (χ2v) is 11.8. The molecule has 0 heterocycles. The van der Waals surface area contributed by atoms with Crippen LogP contribution in [0, 0.1) is 0 Å². The smallest absolute Gasteiger partial charge is 0.0936 e. The van der Waals surface area contributed by atoms with Gasteiger partial charge in [0.05, 0.1) is 0 Å². The Kier molecular flexibility index (Phi) is 2.80. The van der Waals surface area contributed by atoms with E-state index in [1.807, 2.05) is 0 Å². The molecule has 0 bridgehead atoms. The van der Waals surface area contributed by atoms with Crippen LogP contribution < -0.4 is 0 Å². The zero-order valence-electron chi connectivity index (χ0n) is 10.1. The molecule has 150 valence electrons. The van der Waals surface area contributed by atoms with Gasteiger partial charge >= 0.3 is 30.7 Å². The molecule has 1 rings (SSSR count). The van der Waals surface area contributed by atoms with Crippen LogP contribution in [0.2, 0.25) is 0 Å². The summed E-state index contributed by atoms with van der Waals surface area (Å²) in [5.74, 6) is 0. The molecule has 0 aliphatic carbocycles.